The van der Waals surface area contributed by atoms with Crippen LogP contribution >= 0.6 is 0 Å². The molecule has 1 saturated carbocycles. The summed E-state index contributed by atoms with van der Waals surface area (Å²) in [6.07, 6.45) is 8.23. The summed E-state index contributed by atoms with van der Waals surface area (Å²) in [5.74, 6) is -2.09. The van der Waals surface area contributed by atoms with Gasteiger partial charge >= 0.3 is 5.97 Å². The van der Waals surface area contributed by atoms with Gasteiger partial charge in [-0.25, -0.2) is 0 Å². The van der Waals surface area contributed by atoms with Crippen LogP contribution in [0.2, 0.25) is 0 Å². The molecule has 4 fully saturated rings. The number of rotatable bonds is 20. The Morgan fingerprint density at radius 1 is 0.980 bits per heavy atom. The quantitative estimate of drug-likeness (QED) is 0.0905. The molecule has 4 N–H and O–H groups in total. The molecule has 2 amide bonds. The zero-order valence-corrected chi connectivity index (χ0v) is 28.8. The molecule has 3 heterocycles. The Kier molecular flexibility index (Phi) is 13.1. The molecular formula is C36H53N3O10. The maximum Gasteiger partial charge on any atom is 0.327 e. The van der Waals surface area contributed by atoms with Crippen molar-refractivity contribution in [3.05, 3.63) is 41.7 Å². The number of amides is 2. The number of ether oxygens (including phenoxy) is 4. The van der Waals surface area contributed by atoms with Crippen LogP contribution in [0, 0.1) is 5.41 Å². The van der Waals surface area contributed by atoms with Crippen molar-refractivity contribution in [3.8, 4) is 0 Å². The van der Waals surface area contributed by atoms with Crippen molar-refractivity contribution in [1.29, 1.82) is 0 Å². The third-order valence-corrected chi connectivity index (χ3v) is 9.95. The van der Waals surface area contributed by atoms with Gasteiger partial charge in [-0.1, -0.05) is 63.8 Å². The first kappa shape index (κ1) is 37.2. The lowest BCUT2D eigenvalue weighted by molar-refractivity contribution is -0.224. The highest BCUT2D eigenvalue weighted by molar-refractivity contribution is 5.93. The average Bonchev–Trinajstić information content (AvgIpc) is 3.65. The minimum Gasteiger partial charge on any atom is -0.499 e. The van der Waals surface area contributed by atoms with E-state index >= 15 is 0 Å². The molecule has 0 radical (unpaired) electrons. The molecular weight excluding hydrogens is 634 g/mol. The number of aliphatic hydroxyl groups excluding tert-OH is 2. The zero-order chi connectivity index (χ0) is 34.9. The smallest absolute Gasteiger partial charge is 0.327 e. The van der Waals surface area contributed by atoms with Gasteiger partial charge in [0.2, 0.25) is 11.8 Å². The monoisotopic (exact) mass is 687 g/mol. The third-order valence-electron chi connectivity index (χ3n) is 9.95. The number of esters is 1. The second-order valence-corrected chi connectivity index (χ2v) is 13.4. The van der Waals surface area contributed by atoms with Crippen molar-refractivity contribution in [2.24, 2.45) is 5.41 Å². The standard InChI is InChI=1S/C36H53N3O10/c1-3-5-7-15-35(16-8-6-4-2)47-29-27-23-36(34(44)38-17-13-28(42)37-18-19-40)31(33(43)46-27)39(49-32(36)30(29)48-35)24-26-11-9-25(10-12-26)14-21-45-22-20-41/h9-12,14,21,27,29-32,40-41H,3-8,13,15-20,22-24H2,1-2H3,(H,37,42)(H,38,44). The van der Waals surface area contributed by atoms with Gasteiger partial charge in [-0.3, -0.25) is 19.2 Å². The van der Waals surface area contributed by atoms with Crippen LogP contribution in [-0.4, -0.2) is 102 Å². The van der Waals surface area contributed by atoms with Crippen molar-refractivity contribution in [2.45, 2.75) is 121 Å². The summed E-state index contributed by atoms with van der Waals surface area (Å²) in [4.78, 5) is 47.2. The first-order chi connectivity index (χ1) is 23.8. The summed E-state index contributed by atoms with van der Waals surface area (Å²) < 4.78 is 25.0. The highest BCUT2D eigenvalue weighted by Crippen LogP contribution is 2.58. The van der Waals surface area contributed by atoms with Gasteiger partial charge in [0.1, 0.15) is 36.4 Å². The molecule has 5 rings (SSSR count). The summed E-state index contributed by atoms with van der Waals surface area (Å²) in [6, 6.07) is 6.60. The summed E-state index contributed by atoms with van der Waals surface area (Å²) >= 11 is 0. The summed E-state index contributed by atoms with van der Waals surface area (Å²) in [5.41, 5.74) is 0.409. The van der Waals surface area contributed by atoms with Gasteiger partial charge in [-0.05, 0) is 30.0 Å². The summed E-state index contributed by atoms with van der Waals surface area (Å²) in [7, 11) is 0. The van der Waals surface area contributed by atoms with E-state index in [1.165, 1.54) is 6.26 Å². The average molecular weight is 688 g/mol. The third kappa shape index (κ3) is 8.29. The second-order valence-electron chi connectivity index (χ2n) is 13.4. The van der Waals surface area contributed by atoms with Gasteiger partial charge in [-0.2, -0.15) is 5.06 Å². The topological polar surface area (TPSA) is 165 Å². The van der Waals surface area contributed by atoms with Crippen molar-refractivity contribution in [2.75, 3.05) is 32.9 Å². The molecule has 6 unspecified atom stereocenters. The molecule has 13 heteroatoms. The number of carbonyl (C=O) groups excluding carboxylic acids is 3. The zero-order valence-electron chi connectivity index (χ0n) is 28.8. The number of hydroxylamine groups is 2. The largest absolute Gasteiger partial charge is 0.499 e. The van der Waals surface area contributed by atoms with E-state index in [-0.39, 0.29) is 64.1 Å². The summed E-state index contributed by atoms with van der Waals surface area (Å²) in [6.45, 7) is 4.66. The van der Waals surface area contributed by atoms with Crippen molar-refractivity contribution < 1.29 is 48.4 Å². The number of aliphatic hydroxyl groups is 2. The van der Waals surface area contributed by atoms with Crippen LogP contribution in [0.4, 0.5) is 0 Å². The number of nitrogens with zero attached hydrogens (tertiary/aromatic N) is 1. The fraction of sp³-hybridized carbons (Fsp3) is 0.694. The van der Waals surface area contributed by atoms with E-state index in [1.54, 1.807) is 11.1 Å². The molecule has 4 aliphatic rings. The van der Waals surface area contributed by atoms with Gasteiger partial charge in [0.25, 0.3) is 0 Å². The fourth-order valence-electron chi connectivity index (χ4n) is 7.60. The molecule has 0 spiro atoms. The van der Waals surface area contributed by atoms with Crippen LogP contribution in [0.15, 0.2) is 30.5 Å². The van der Waals surface area contributed by atoms with Gasteiger partial charge in [0.05, 0.1) is 26.0 Å². The molecule has 13 nitrogen and oxygen atoms in total. The van der Waals surface area contributed by atoms with Crippen LogP contribution < -0.4 is 10.6 Å². The van der Waals surface area contributed by atoms with E-state index in [0.717, 1.165) is 49.7 Å². The van der Waals surface area contributed by atoms with Gasteiger partial charge < -0.3 is 39.8 Å². The number of unbranched alkanes of at least 4 members (excludes halogenated alkanes) is 4. The van der Waals surface area contributed by atoms with Crippen LogP contribution in [0.1, 0.15) is 89.2 Å². The molecule has 49 heavy (non-hydrogen) atoms. The highest BCUT2D eigenvalue weighted by Gasteiger charge is 2.76. The number of hydrogen-bond donors (Lipinski definition) is 4. The lowest BCUT2D eigenvalue weighted by Gasteiger charge is -2.48. The van der Waals surface area contributed by atoms with Gasteiger partial charge in [-0.15, -0.1) is 0 Å². The Labute approximate surface area is 288 Å². The Morgan fingerprint density at radius 2 is 1.69 bits per heavy atom. The van der Waals surface area contributed by atoms with Gasteiger partial charge in [0.15, 0.2) is 11.8 Å². The Morgan fingerprint density at radius 3 is 2.37 bits per heavy atom. The number of carbonyl (C=O) groups is 3. The minimum atomic E-state index is -1.33. The highest BCUT2D eigenvalue weighted by atomic mass is 16.8. The maximum atomic E-state index is 14.4. The maximum absolute atomic E-state index is 14.4. The molecule has 1 aliphatic carbocycles. The minimum absolute atomic E-state index is 0.0189. The molecule has 1 aromatic carbocycles. The normalized spacial score (nSPS) is 28.3. The van der Waals surface area contributed by atoms with E-state index in [9.17, 15) is 14.4 Å². The van der Waals surface area contributed by atoms with Crippen LogP contribution in [0.25, 0.3) is 6.08 Å². The van der Waals surface area contributed by atoms with Crippen molar-refractivity contribution in [3.63, 3.8) is 0 Å². The first-order valence-electron chi connectivity index (χ1n) is 17.9. The fourth-order valence-corrected chi connectivity index (χ4v) is 7.60. The molecule has 3 saturated heterocycles. The number of hydrogen-bond acceptors (Lipinski definition) is 11. The number of nitrogens with one attached hydrogen (secondary N) is 2. The van der Waals surface area contributed by atoms with Crippen molar-refractivity contribution in [1.82, 2.24) is 15.7 Å². The Balaban J connectivity index is 1.42. The SMILES string of the molecule is CCCCCC1(CCCCC)OC2C3CC4(C(=O)NCCC(=O)NCCO)C(ON(Cc5ccc(C=COCCO)cc5)C4C(=O)O3)C2O1. The van der Waals surface area contributed by atoms with Crippen LogP contribution in [-0.2, 0) is 44.7 Å². The summed E-state index contributed by atoms with van der Waals surface area (Å²) in [5, 5.41) is 25.0. The van der Waals surface area contributed by atoms with E-state index in [4.69, 9.17) is 34.0 Å². The Hall–Kier alpha value is -3.07. The molecule has 2 bridgehead atoms. The first-order valence-corrected chi connectivity index (χ1v) is 17.9. The molecule has 0 aromatic heterocycles. The molecule has 6 atom stereocenters. The van der Waals surface area contributed by atoms with E-state index < -0.39 is 47.6 Å². The second kappa shape index (κ2) is 17.2. The number of benzene rings is 1. The van der Waals surface area contributed by atoms with Crippen LogP contribution in [0.3, 0.4) is 0 Å². The molecule has 1 aromatic rings. The lowest BCUT2D eigenvalue weighted by Crippen LogP contribution is -2.69. The van der Waals surface area contributed by atoms with E-state index in [2.05, 4.69) is 24.5 Å². The van der Waals surface area contributed by atoms with Gasteiger partial charge in [0, 0.05) is 38.8 Å². The molecule has 3 aliphatic heterocycles. The lowest BCUT2D eigenvalue weighted by atomic mass is 9.62. The predicted molar refractivity (Wildman–Crippen MR) is 178 cm³/mol. The number of fused-ring (bicyclic) bond motifs is 4. The van der Waals surface area contributed by atoms with Crippen molar-refractivity contribution >= 4 is 23.9 Å². The Bertz CT molecular complexity index is 1280. The van der Waals surface area contributed by atoms with E-state index in [0.29, 0.717) is 12.8 Å². The predicted octanol–water partition coefficient (Wildman–Crippen LogP) is 2.72. The van der Waals surface area contributed by atoms with E-state index in [1.807, 2.05) is 24.3 Å². The molecule has 272 valence electrons. The van der Waals surface area contributed by atoms with Crippen LogP contribution in [0.5, 0.6) is 0 Å².